The van der Waals surface area contributed by atoms with E-state index in [0.29, 0.717) is 5.37 Å². The Kier molecular flexibility index (Phi) is 2.01. The molecule has 3 heteroatoms. The first-order valence-corrected chi connectivity index (χ1v) is 5.44. The van der Waals surface area contributed by atoms with Crippen LogP contribution in [0.4, 0.5) is 5.69 Å². The lowest BCUT2D eigenvalue weighted by molar-refractivity contribution is 1.15. The van der Waals surface area contributed by atoms with E-state index in [-0.39, 0.29) is 0 Å². The van der Waals surface area contributed by atoms with Gasteiger partial charge in [0.25, 0.3) is 0 Å². The molecule has 0 fully saturated rings. The van der Waals surface area contributed by atoms with E-state index in [9.17, 15) is 0 Å². The monoisotopic (exact) mass is 277 g/mol. The maximum atomic E-state index is 3.40. The first-order chi connectivity index (χ1) is 5.25. The molecule has 0 amide bonds. The zero-order valence-corrected chi connectivity index (χ0v) is 9.07. The van der Waals surface area contributed by atoms with E-state index >= 15 is 0 Å². The van der Waals surface area contributed by atoms with E-state index < -0.39 is 0 Å². The quantitative estimate of drug-likeness (QED) is 0.731. The minimum Gasteiger partial charge on any atom is -0.372 e. The normalized spacial score (nSPS) is 21.1. The van der Waals surface area contributed by atoms with Crippen LogP contribution in [0.25, 0.3) is 0 Å². The summed E-state index contributed by atoms with van der Waals surface area (Å²) in [6.07, 6.45) is 0. The largest absolute Gasteiger partial charge is 0.372 e. The van der Waals surface area contributed by atoms with E-state index in [2.05, 4.69) is 53.0 Å². The van der Waals surface area contributed by atoms with Gasteiger partial charge in [-0.05, 0) is 47.7 Å². The van der Waals surface area contributed by atoms with E-state index in [1.54, 1.807) is 0 Å². The SMILES string of the molecule is CC1Nc2cc(I)ccc2S1. The predicted octanol–water partition coefficient (Wildman–Crippen LogP) is 3.15. The standard InChI is InChI=1S/C8H8INS/c1-5-10-7-4-6(9)2-3-8(7)11-5/h2-5,10H,1H3. The highest BCUT2D eigenvalue weighted by Crippen LogP contribution is 2.38. The van der Waals surface area contributed by atoms with Crippen molar-refractivity contribution in [2.45, 2.75) is 17.2 Å². The molecular formula is C8H8INS. The second-order valence-corrected chi connectivity index (χ2v) is 5.17. The van der Waals surface area contributed by atoms with Gasteiger partial charge in [-0.1, -0.05) is 11.8 Å². The third-order valence-corrected chi connectivity index (χ3v) is 3.36. The van der Waals surface area contributed by atoms with Gasteiger partial charge in [-0.2, -0.15) is 0 Å². The molecule has 1 aliphatic rings. The highest BCUT2D eigenvalue weighted by Gasteiger charge is 2.16. The maximum Gasteiger partial charge on any atom is 0.0741 e. The molecule has 0 saturated heterocycles. The third kappa shape index (κ3) is 1.49. The lowest BCUT2D eigenvalue weighted by Crippen LogP contribution is -2.02. The number of hydrogen-bond acceptors (Lipinski definition) is 2. The van der Waals surface area contributed by atoms with Gasteiger partial charge in [0, 0.05) is 14.2 Å². The Bertz CT molecular complexity index is 287. The number of thioether (sulfide) groups is 1. The molecule has 1 N–H and O–H groups in total. The summed E-state index contributed by atoms with van der Waals surface area (Å²) in [4.78, 5) is 1.37. The number of anilines is 1. The lowest BCUT2D eigenvalue weighted by Gasteiger charge is -2.00. The summed E-state index contributed by atoms with van der Waals surface area (Å²) in [5.41, 5.74) is 1.29. The predicted molar refractivity (Wildman–Crippen MR) is 58.1 cm³/mol. The van der Waals surface area contributed by atoms with Gasteiger partial charge >= 0.3 is 0 Å². The zero-order chi connectivity index (χ0) is 7.84. The van der Waals surface area contributed by atoms with E-state index in [4.69, 9.17) is 0 Å². The molecule has 58 valence electrons. The van der Waals surface area contributed by atoms with Gasteiger partial charge < -0.3 is 5.32 Å². The highest BCUT2D eigenvalue weighted by atomic mass is 127. The van der Waals surface area contributed by atoms with Gasteiger partial charge in [0.1, 0.15) is 0 Å². The maximum absolute atomic E-state index is 3.40. The van der Waals surface area contributed by atoms with Crippen LogP contribution in [-0.4, -0.2) is 5.37 Å². The number of rotatable bonds is 0. The Balaban J connectivity index is 2.43. The molecule has 1 atom stereocenters. The van der Waals surface area contributed by atoms with Crippen LogP contribution >= 0.6 is 34.4 Å². The molecule has 1 aromatic carbocycles. The van der Waals surface area contributed by atoms with Crippen LogP contribution in [0.2, 0.25) is 0 Å². The van der Waals surface area contributed by atoms with Gasteiger partial charge in [0.2, 0.25) is 0 Å². The fraction of sp³-hybridized carbons (Fsp3) is 0.250. The van der Waals surface area contributed by atoms with E-state index in [0.717, 1.165) is 0 Å². The van der Waals surface area contributed by atoms with Crippen molar-refractivity contribution in [2.24, 2.45) is 0 Å². The molecule has 1 aliphatic heterocycles. The number of nitrogens with one attached hydrogen (secondary N) is 1. The number of halogens is 1. The van der Waals surface area contributed by atoms with Crippen molar-refractivity contribution in [2.75, 3.05) is 5.32 Å². The first kappa shape index (κ1) is 7.73. The molecule has 1 aromatic rings. The van der Waals surface area contributed by atoms with Gasteiger partial charge in [0.15, 0.2) is 0 Å². The molecule has 0 aromatic heterocycles. The van der Waals surface area contributed by atoms with Crippen molar-refractivity contribution in [3.63, 3.8) is 0 Å². The van der Waals surface area contributed by atoms with Gasteiger partial charge in [0.05, 0.1) is 5.37 Å². The molecule has 0 bridgehead atoms. The molecule has 11 heavy (non-hydrogen) atoms. The van der Waals surface area contributed by atoms with Crippen LogP contribution in [0.1, 0.15) is 6.92 Å². The number of hydrogen-bond donors (Lipinski definition) is 1. The van der Waals surface area contributed by atoms with Crippen molar-refractivity contribution >= 4 is 40.0 Å². The Morgan fingerprint density at radius 1 is 1.55 bits per heavy atom. The molecule has 1 heterocycles. The first-order valence-electron chi connectivity index (χ1n) is 3.48. The van der Waals surface area contributed by atoms with Gasteiger partial charge in [-0.15, -0.1) is 0 Å². The van der Waals surface area contributed by atoms with Crippen molar-refractivity contribution in [1.82, 2.24) is 0 Å². The van der Waals surface area contributed by atoms with Gasteiger partial charge in [-0.3, -0.25) is 0 Å². The molecular weight excluding hydrogens is 269 g/mol. The molecule has 0 aliphatic carbocycles. The van der Waals surface area contributed by atoms with Crippen molar-refractivity contribution in [3.8, 4) is 0 Å². The summed E-state index contributed by atoms with van der Waals surface area (Å²) in [5.74, 6) is 0. The Morgan fingerprint density at radius 3 is 3.18 bits per heavy atom. The highest BCUT2D eigenvalue weighted by molar-refractivity contribution is 14.1. The Hall–Kier alpha value is 0.1000. The second kappa shape index (κ2) is 2.86. The smallest absolute Gasteiger partial charge is 0.0741 e. The molecule has 2 rings (SSSR count). The summed E-state index contributed by atoms with van der Waals surface area (Å²) >= 11 is 4.22. The second-order valence-electron chi connectivity index (χ2n) is 2.54. The topological polar surface area (TPSA) is 12.0 Å². The number of fused-ring (bicyclic) bond motifs is 1. The third-order valence-electron chi connectivity index (χ3n) is 1.60. The summed E-state index contributed by atoms with van der Waals surface area (Å²) in [7, 11) is 0. The van der Waals surface area contributed by atoms with Crippen LogP contribution in [0.3, 0.4) is 0 Å². The molecule has 1 unspecified atom stereocenters. The number of benzene rings is 1. The van der Waals surface area contributed by atoms with Crippen LogP contribution < -0.4 is 5.32 Å². The zero-order valence-electron chi connectivity index (χ0n) is 6.10. The van der Waals surface area contributed by atoms with Gasteiger partial charge in [-0.25, -0.2) is 0 Å². The molecule has 0 radical (unpaired) electrons. The Morgan fingerprint density at radius 2 is 2.36 bits per heavy atom. The molecule has 0 spiro atoms. The Labute approximate surface area is 84.1 Å². The van der Waals surface area contributed by atoms with E-state index in [1.807, 2.05) is 11.8 Å². The average Bonchev–Trinajstić information content (AvgIpc) is 2.27. The summed E-state index contributed by atoms with van der Waals surface area (Å²) in [6, 6.07) is 6.51. The average molecular weight is 277 g/mol. The summed E-state index contributed by atoms with van der Waals surface area (Å²) in [6.45, 7) is 2.18. The van der Waals surface area contributed by atoms with Crippen LogP contribution in [0, 0.1) is 3.57 Å². The van der Waals surface area contributed by atoms with E-state index in [1.165, 1.54) is 14.2 Å². The van der Waals surface area contributed by atoms with Crippen LogP contribution in [0.15, 0.2) is 23.1 Å². The minimum absolute atomic E-state index is 0.531. The fourth-order valence-electron chi connectivity index (χ4n) is 1.16. The summed E-state index contributed by atoms with van der Waals surface area (Å²) in [5, 5.41) is 3.93. The molecule has 0 saturated carbocycles. The van der Waals surface area contributed by atoms with Crippen molar-refractivity contribution in [3.05, 3.63) is 21.8 Å². The van der Waals surface area contributed by atoms with Crippen molar-refractivity contribution < 1.29 is 0 Å². The van der Waals surface area contributed by atoms with Crippen LogP contribution in [0.5, 0.6) is 0 Å². The fourth-order valence-corrected chi connectivity index (χ4v) is 2.61. The molecule has 1 nitrogen and oxygen atoms in total. The lowest BCUT2D eigenvalue weighted by atomic mass is 10.3. The van der Waals surface area contributed by atoms with Crippen LogP contribution in [-0.2, 0) is 0 Å². The minimum atomic E-state index is 0.531. The van der Waals surface area contributed by atoms with Crippen molar-refractivity contribution in [1.29, 1.82) is 0 Å². The summed E-state index contributed by atoms with van der Waals surface area (Å²) < 4.78 is 1.29.